The standard InChI is InChI=1S/C19H16BrF3N6OS/c1-2-12-3-4-15(31-12)13-7-16(19(21,22)23)29-17(26-13)8-14(27-29)18(30)24-5-6-28-10-11(20)9-25-28/h3-4,7-10H,2,5-6H2,1H3,(H,24,30). The lowest BCUT2D eigenvalue weighted by Crippen LogP contribution is -2.27. The number of carbonyl (C=O) groups is 1. The van der Waals surface area contributed by atoms with Crippen LogP contribution in [0.5, 0.6) is 0 Å². The van der Waals surface area contributed by atoms with Gasteiger partial charge in [-0.3, -0.25) is 9.48 Å². The summed E-state index contributed by atoms with van der Waals surface area (Å²) in [6, 6.07) is 5.84. The van der Waals surface area contributed by atoms with Crippen molar-refractivity contribution in [1.82, 2.24) is 29.7 Å². The van der Waals surface area contributed by atoms with Gasteiger partial charge < -0.3 is 5.32 Å². The fourth-order valence-electron chi connectivity index (χ4n) is 2.95. The molecule has 0 saturated carbocycles. The average molecular weight is 513 g/mol. The minimum absolute atomic E-state index is 0.0440. The maximum Gasteiger partial charge on any atom is 0.433 e. The van der Waals surface area contributed by atoms with Crippen molar-refractivity contribution in [3.8, 4) is 10.6 Å². The lowest BCUT2D eigenvalue weighted by atomic mass is 10.2. The van der Waals surface area contributed by atoms with Crippen molar-refractivity contribution in [1.29, 1.82) is 0 Å². The minimum atomic E-state index is -4.66. The van der Waals surface area contributed by atoms with E-state index in [0.29, 0.717) is 15.9 Å². The minimum Gasteiger partial charge on any atom is -0.349 e. The average Bonchev–Trinajstić information content (AvgIpc) is 3.45. The molecule has 0 atom stereocenters. The molecule has 0 spiro atoms. The molecule has 0 unspecified atom stereocenters. The number of nitrogens with zero attached hydrogens (tertiary/aromatic N) is 5. The van der Waals surface area contributed by atoms with Gasteiger partial charge in [0.2, 0.25) is 0 Å². The van der Waals surface area contributed by atoms with E-state index in [0.717, 1.165) is 21.8 Å². The topological polar surface area (TPSA) is 77.1 Å². The van der Waals surface area contributed by atoms with E-state index in [4.69, 9.17) is 0 Å². The van der Waals surface area contributed by atoms with Gasteiger partial charge in [0.15, 0.2) is 17.0 Å². The number of halogens is 4. The van der Waals surface area contributed by atoms with E-state index in [1.165, 1.54) is 17.4 Å². The highest BCUT2D eigenvalue weighted by Crippen LogP contribution is 2.34. The number of amides is 1. The van der Waals surface area contributed by atoms with Crippen LogP contribution in [0.25, 0.3) is 16.2 Å². The number of aryl methyl sites for hydroxylation is 1. The molecule has 162 valence electrons. The zero-order valence-electron chi connectivity index (χ0n) is 16.1. The second kappa shape index (κ2) is 8.42. The molecule has 4 rings (SSSR count). The van der Waals surface area contributed by atoms with Gasteiger partial charge in [0.1, 0.15) is 0 Å². The smallest absolute Gasteiger partial charge is 0.349 e. The zero-order valence-corrected chi connectivity index (χ0v) is 18.6. The summed E-state index contributed by atoms with van der Waals surface area (Å²) in [7, 11) is 0. The van der Waals surface area contributed by atoms with E-state index < -0.39 is 17.8 Å². The van der Waals surface area contributed by atoms with Crippen LogP contribution in [0.3, 0.4) is 0 Å². The Morgan fingerprint density at radius 3 is 2.74 bits per heavy atom. The largest absolute Gasteiger partial charge is 0.433 e. The highest BCUT2D eigenvalue weighted by atomic mass is 79.9. The van der Waals surface area contributed by atoms with Crippen LogP contribution in [0, 0.1) is 0 Å². The predicted octanol–water partition coefficient (Wildman–Crippen LogP) is 4.43. The zero-order chi connectivity index (χ0) is 22.2. The third-order valence-electron chi connectivity index (χ3n) is 4.44. The van der Waals surface area contributed by atoms with E-state index >= 15 is 0 Å². The molecule has 0 radical (unpaired) electrons. The van der Waals surface area contributed by atoms with Crippen LogP contribution in [0.1, 0.15) is 28.0 Å². The van der Waals surface area contributed by atoms with Gasteiger partial charge in [0, 0.05) is 23.7 Å². The number of hydrogen-bond donors (Lipinski definition) is 1. The third kappa shape index (κ3) is 4.64. The monoisotopic (exact) mass is 512 g/mol. The maximum absolute atomic E-state index is 13.7. The number of thiophene rings is 1. The van der Waals surface area contributed by atoms with Gasteiger partial charge in [-0.05, 0) is 40.5 Å². The third-order valence-corrected chi connectivity index (χ3v) is 6.10. The van der Waals surface area contributed by atoms with Gasteiger partial charge in [0.05, 0.1) is 27.8 Å². The molecule has 0 bridgehead atoms. The molecular weight excluding hydrogens is 497 g/mol. The van der Waals surface area contributed by atoms with Crippen molar-refractivity contribution in [2.75, 3.05) is 6.54 Å². The molecule has 0 aliphatic carbocycles. The highest BCUT2D eigenvalue weighted by Gasteiger charge is 2.35. The van der Waals surface area contributed by atoms with Gasteiger partial charge in [-0.15, -0.1) is 11.3 Å². The first-order valence-corrected chi connectivity index (χ1v) is 10.9. The molecule has 0 fully saturated rings. The number of alkyl halides is 3. The summed E-state index contributed by atoms with van der Waals surface area (Å²) in [5.41, 5.74) is -0.977. The number of nitrogens with one attached hydrogen (secondary N) is 1. The van der Waals surface area contributed by atoms with Crippen LogP contribution < -0.4 is 5.32 Å². The van der Waals surface area contributed by atoms with E-state index in [9.17, 15) is 18.0 Å². The van der Waals surface area contributed by atoms with Gasteiger partial charge in [-0.25, -0.2) is 9.50 Å². The van der Waals surface area contributed by atoms with Crippen molar-refractivity contribution < 1.29 is 18.0 Å². The molecule has 0 aromatic carbocycles. The van der Waals surface area contributed by atoms with Crippen molar-refractivity contribution in [2.24, 2.45) is 0 Å². The lowest BCUT2D eigenvalue weighted by molar-refractivity contribution is -0.142. The molecule has 4 aromatic rings. The normalized spacial score (nSPS) is 11.9. The molecule has 4 aromatic heterocycles. The second-order valence-corrected chi connectivity index (χ2v) is 8.71. The lowest BCUT2D eigenvalue weighted by Gasteiger charge is -2.10. The van der Waals surface area contributed by atoms with Crippen molar-refractivity contribution in [3.63, 3.8) is 0 Å². The first kappa shape index (κ1) is 21.5. The number of rotatable bonds is 6. The Labute approximate surface area is 187 Å². The Bertz CT molecular complexity index is 1250. The molecule has 7 nitrogen and oxygen atoms in total. The molecule has 12 heteroatoms. The fraction of sp³-hybridized carbons (Fsp3) is 0.263. The van der Waals surface area contributed by atoms with Crippen LogP contribution in [0.15, 0.2) is 41.1 Å². The molecule has 0 aliphatic rings. The molecular formula is C19H16BrF3N6OS. The van der Waals surface area contributed by atoms with E-state index in [1.807, 2.05) is 13.0 Å². The SMILES string of the molecule is CCc1ccc(-c2cc(C(F)(F)F)n3nc(C(=O)NCCn4cc(Br)cn4)cc3n2)s1. The molecule has 1 N–H and O–H groups in total. The van der Waals surface area contributed by atoms with Crippen molar-refractivity contribution in [3.05, 3.63) is 57.4 Å². The summed E-state index contributed by atoms with van der Waals surface area (Å²) in [6.45, 7) is 2.61. The van der Waals surface area contributed by atoms with Crippen LogP contribution in [-0.2, 0) is 19.1 Å². The Kier molecular flexibility index (Phi) is 5.84. The summed E-state index contributed by atoms with van der Waals surface area (Å²) < 4.78 is 44.2. The summed E-state index contributed by atoms with van der Waals surface area (Å²) in [6.07, 6.45) is -0.519. The summed E-state index contributed by atoms with van der Waals surface area (Å²) in [4.78, 5) is 18.4. The first-order valence-electron chi connectivity index (χ1n) is 9.28. The van der Waals surface area contributed by atoms with Gasteiger partial charge >= 0.3 is 6.18 Å². The number of fused-ring (bicyclic) bond motifs is 1. The fourth-order valence-corrected chi connectivity index (χ4v) is 4.19. The Morgan fingerprint density at radius 2 is 2.10 bits per heavy atom. The molecule has 0 aliphatic heterocycles. The Morgan fingerprint density at radius 1 is 1.29 bits per heavy atom. The van der Waals surface area contributed by atoms with Gasteiger partial charge in [-0.1, -0.05) is 6.92 Å². The van der Waals surface area contributed by atoms with E-state index in [2.05, 4.69) is 36.4 Å². The van der Waals surface area contributed by atoms with Gasteiger partial charge in [-0.2, -0.15) is 23.4 Å². The summed E-state index contributed by atoms with van der Waals surface area (Å²) in [5.74, 6) is -0.587. The number of carbonyl (C=O) groups excluding carboxylic acids is 1. The van der Waals surface area contributed by atoms with Crippen LogP contribution in [0.4, 0.5) is 13.2 Å². The Hall–Kier alpha value is -2.73. The van der Waals surface area contributed by atoms with Crippen LogP contribution >= 0.6 is 27.3 Å². The van der Waals surface area contributed by atoms with Crippen molar-refractivity contribution >= 4 is 38.8 Å². The molecule has 1 amide bonds. The van der Waals surface area contributed by atoms with Crippen LogP contribution in [0.2, 0.25) is 0 Å². The molecule has 0 saturated heterocycles. The Balaban J connectivity index is 1.62. The predicted molar refractivity (Wildman–Crippen MR) is 113 cm³/mol. The quantitative estimate of drug-likeness (QED) is 0.414. The van der Waals surface area contributed by atoms with Gasteiger partial charge in [0.25, 0.3) is 5.91 Å². The molecule has 31 heavy (non-hydrogen) atoms. The molecule has 4 heterocycles. The van der Waals surface area contributed by atoms with Crippen LogP contribution in [-0.4, -0.2) is 36.8 Å². The number of aromatic nitrogens is 5. The number of hydrogen-bond acceptors (Lipinski definition) is 5. The first-order chi connectivity index (χ1) is 14.7. The summed E-state index contributed by atoms with van der Waals surface area (Å²) in [5, 5.41) is 10.6. The van der Waals surface area contributed by atoms with E-state index in [-0.39, 0.29) is 23.6 Å². The summed E-state index contributed by atoms with van der Waals surface area (Å²) >= 11 is 4.67. The highest BCUT2D eigenvalue weighted by molar-refractivity contribution is 9.10. The second-order valence-electron chi connectivity index (χ2n) is 6.62. The maximum atomic E-state index is 13.7. The van der Waals surface area contributed by atoms with Crippen molar-refractivity contribution in [2.45, 2.75) is 26.1 Å². The van der Waals surface area contributed by atoms with E-state index in [1.54, 1.807) is 23.1 Å².